The fourth-order valence-corrected chi connectivity index (χ4v) is 3.58. The van der Waals surface area contributed by atoms with Crippen molar-refractivity contribution in [2.75, 3.05) is 6.54 Å². The predicted molar refractivity (Wildman–Crippen MR) is 98.4 cm³/mol. The Labute approximate surface area is 151 Å². The van der Waals surface area contributed by atoms with Crippen molar-refractivity contribution in [1.82, 2.24) is 9.55 Å². The summed E-state index contributed by atoms with van der Waals surface area (Å²) in [5, 5.41) is 9.48. The van der Waals surface area contributed by atoms with Gasteiger partial charge in [0.05, 0.1) is 17.9 Å². The minimum Gasteiger partial charge on any atom is -0.481 e. The third-order valence-electron chi connectivity index (χ3n) is 5.40. The molecule has 138 valence electrons. The zero-order chi connectivity index (χ0) is 16.8. The van der Waals surface area contributed by atoms with Crippen LogP contribution < -0.4 is 5.73 Å². The molecule has 0 saturated heterocycles. The summed E-state index contributed by atoms with van der Waals surface area (Å²) in [5.74, 6) is -0.0259. The van der Waals surface area contributed by atoms with E-state index < -0.39 is 11.9 Å². The number of aliphatic carboxylic acids is 1. The molecule has 0 bridgehead atoms. The number of carboxylic acids is 1. The van der Waals surface area contributed by atoms with Gasteiger partial charge in [-0.05, 0) is 50.5 Å². The van der Waals surface area contributed by atoms with Crippen LogP contribution in [0.5, 0.6) is 0 Å². The van der Waals surface area contributed by atoms with Gasteiger partial charge in [-0.2, -0.15) is 0 Å². The Kier molecular flexibility index (Phi) is 8.78. The minimum atomic E-state index is -0.738. The number of carboxylic acid groups (broad SMARTS) is 1. The second-order valence-corrected chi connectivity index (χ2v) is 7.21. The van der Waals surface area contributed by atoms with E-state index in [1.807, 2.05) is 6.33 Å². The first-order valence-corrected chi connectivity index (χ1v) is 8.98. The molecule has 1 fully saturated rings. The quantitative estimate of drug-likeness (QED) is 0.743. The first kappa shape index (κ1) is 21.0. The van der Waals surface area contributed by atoms with E-state index in [0.717, 1.165) is 18.0 Å². The molecule has 1 heterocycles. The van der Waals surface area contributed by atoms with Gasteiger partial charge >= 0.3 is 5.97 Å². The SMILES string of the molecule is CCC(CN)CC(Cc1cn([C@H]2CC[C@H](C)CC2)cn1)C(=O)O.Cl. The van der Waals surface area contributed by atoms with Crippen LogP contribution in [0.3, 0.4) is 0 Å². The lowest BCUT2D eigenvalue weighted by atomic mass is 9.87. The van der Waals surface area contributed by atoms with E-state index in [-0.39, 0.29) is 18.3 Å². The Morgan fingerprint density at radius 2 is 2.08 bits per heavy atom. The Bertz CT molecular complexity index is 494. The summed E-state index contributed by atoms with van der Waals surface area (Å²) < 4.78 is 2.19. The maximum absolute atomic E-state index is 11.5. The molecule has 0 radical (unpaired) electrons. The lowest BCUT2D eigenvalue weighted by Crippen LogP contribution is -2.24. The van der Waals surface area contributed by atoms with Gasteiger partial charge in [-0.3, -0.25) is 4.79 Å². The molecule has 2 unspecified atom stereocenters. The molecular weight excluding hydrogens is 326 g/mol. The van der Waals surface area contributed by atoms with Gasteiger partial charge in [0.15, 0.2) is 0 Å². The Balaban J connectivity index is 0.00000288. The van der Waals surface area contributed by atoms with Gasteiger partial charge in [-0.1, -0.05) is 20.3 Å². The molecule has 2 rings (SSSR count). The third-order valence-corrected chi connectivity index (χ3v) is 5.40. The van der Waals surface area contributed by atoms with Crippen molar-refractivity contribution in [2.45, 2.75) is 64.8 Å². The zero-order valence-electron chi connectivity index (χ0n) is 14.9. The standard InChI is InChI=1S/C18H31N3O2.ClH/c1-3-14(10-19)8-15(18(22)23)9-16-11-21(12-20-16)17-6-4-13(2)5-7-17;/h11-15,17H,3-10,19H2,1-2H3,(H,22,23);1H/t13-,14?,15?,17-;. The topological polar surface area (TPSA) is 81.1 Å². The van der Waals surface area contributed by atoms with Crippen LogP contribution in [0.2, 0.25) is 0 Å². The third kappa shape index (κ3) is 5.78. The van der Waals surface area contributed by atoms with E-state index >= 15 is 0 Å². The number of hydrogen-bond donors (Lipinski definition) is 2. The first-order chi connectivity index (χ1) is 11.0. The van der Waals surface area contributed by atoms with Gasteiger partial charge in [0.2, 0.25) is 0 Å². The number of nitrogens with two attached hydrogens (primary N) is 1. The van der Waals surface area contributed by atoms with Crippen LogP contribution in [0.25, 0.3) is 0 Å². The lowest BCUT2D eigenvalue weighted by molar-refractivity contribution is -0.142. The normalized spacial score (nSPS) is 23.3. The largest absolute Gasteiger partial charge is 0.481 e. The molecule has 24 heavy (non-hydrogen) atoms. The number of aromatic nitrogens is 2. The van der Waals surface area contributed by atoms with Crippen molar-refractivity contribution in [3.8, 4) is 0 Å². The van der Waals surface area contributed by atoms with Crippen LogP contribution in [0.4, 0.5) is 0 Å². The second kappa shape index (κ2) is 10.0. The maximum Gasteiger partial charge on any atom is 0.306 e. The zero-order valence-corrected chi connectivity index (χ0v) is 15.7. The molecule has 1 aliphatic rings. The maximum atomic E-state index is 11.5. The average Bonchev–Trinajstić information content (AvgIpc) is 3.00. The smallest absolute Gasteiger partial charge is 0.306 e. The van der Waals surface area contributed by atoms with Crippen molar-refractivity contribution < 1.29 is 9.90 Å². The average molecular weight is 358 g/mol. The molecule has 1 aliphatic carbocycles. The van der Waals surface area contributed by atoms with Crippen LogP contribution >= 0.6 is 12.4 Å². The van der Waals surface area contributed by atoms with E-state index in [2.05, 4.69) is 29.6 Å². The highest BCUT2D eigenvalue weighted by Gasteiger charge is 2.24. The summed E-state index contributed by atoms with van der Waals surface area (Å²) in [6.45, 7) is 4.93. The van der Waals surface area contributed by atoms with Crippen molar-refractivity contribution in [1.29, 1.82) is 0 Å². The molecule has 6 heteroatoms. The molecule has 0 aromatic carbocycles. The van der Waals surface area contributed by atoms with Crippen LogP contribution in [-0.4, -0.2) is 27.2 Å². The van der Waals surface area contributed by atoms with E-state index in [1.165, 1.54) is 25.7 Å². The molecule has 0 spiro atoms. The van der Waals surface area contributed by atoms with Crippen LogP contribution in [0.1, 0.15) is 64.1 Å². The highest BCUT2D eigenvalue weighted by Crippen LogP contribution is 2.32. The molecule has 1 aromatic rings. The number of hydrogen-bond acceptors (Lipinski definition) is 3. The number of rotatable bonds is 8. The van der Waals surface area contributed by atoms with E-state index in [1.54, 1.807) is 0 Å². The van der Waals surface area contributed by atoms with Gasteiger partial charge in [-0.15, -0.1) is 12.4 Å². The Morgan fingerprint density at radius 1 is 1.42 bits per heavy atom. The molecule has 5 nitrogen and oxygen atoms in total. The van der Waals surface area contributed by atoms with E-state index in [0.29, 0.717) is 25.4 Å². The van der Waals surface area contributed by atoms with Gasteiger partial charge < -0.3 is 15.4 Å². The fourth-order valence-electron chi connectivity index (χ4n) is 3.58. The minimum absolute atomic E-state index is 0. The summed E-state index contributed by atoms with van der Waals surface area (Å²) in [4.78, 5) is 16.0. The van der Waals surface area contributed by atoms with Gasteiger partial charge in [-0.25, -0.2) is 4.98 Å². The highest BCUT2D eigenvalue weighted by atomic mass is 35.5. The summed E-state index contributed by atoms with van der Waals surface area (Å²) in [7, 11) is 0. The first-order valence-electron chi connectivity index (χ1n) is 8.98. The Hall–Kier alpha value is -1.07. The molecular formula is C18H32ClN3O2. The molecule has 3 N–H and O–H groups in total. The molecule has 1 saturated carbocycles. The number of nitrogens with zero attached hydrogens (tertiary/aromatic N) is 2. The van der Waals surface area contributed by atoms with Crippen molar-refractivity contribution in [3.05, 3.63) is 18.2 Å². The molecule has 0 amide bonds. The van der Waals surface area contributed by atoms with Gasteiger partial charge in [0.1, 0.15) is 0 Å². The monoisotopic (exact) mass is 357 g/mol. The number of carbonyl (C=O) groups is 1. The summed E-state index contributed by atoms with van der Waals surface area (Å²) in [6.07, 6.45) is 10.9. The summed E-state index contributed by atoms with van der Waals surface area (Å²) in [6, 6.07) is 0.531. The van der Waals surface area contributed by atoms with E-state index in [9.17, 15) is 9.90 Å². The van der Waals surface area contributed by atoms with E-state index in [4.69, 9.17) is 5.73 Å². The second-order valence-electron chi connectivity index (χ2n) is 7.21. The molecule has 1 aromatic heterocycles. The van der Waals surface area contributed by atoms with Crippen molar-refractivity contribution in [3.63, 3.8) is 0 Å². The van der Waals surface area contributed by atoms with Crippen LogP contribution in [0, 0.1) is 17.8 Å². The summed E-state index contributed by atoms with van der Waals surface area (Å²) in [5.41, 5.74) is 6.62. The number of halogens is 1. The lowest BCUT2D eigenvalue weighted by Gasteiger charge is -2.26. The number of imidazole rings is 1. The van der Waals surface area contributed by atoms with Crippen molar-refractivity contribution >= 4 is 18.4 Å². The van der Waals surface area contributed by atoms with Gasteiger partial charge in [0.25, 0.3) is 0 Å². The fraction of sp³-hybridized carbons (Fsp3) is 0.778. The van der Waals surface area contributed by atoms with Crippen LogP contribution in [-0.2, 0) is 11.2 Å². The predicted octanol–water partition coefficient (Wildman–Crippen LogP) is 3.67. The molecule has 2 atom stereocenters. The van der Waals surface area contributed by atoms with Crippen LogP contribution in [0.15, 0.2) is 12.5 Å². The molecule has 0 aliphatic heterocycles. The summed E-state index contributed by atoms with van der Waals surface area (Å²) >= 11 is 0. The van der Waals surface area contributed by atoms with Crippen molar-refractivity contribution in [2.24, 2.45) is 23.5 Å². The Morgan fingerprint density at radius 3 is 2.62 bits per heavy atom. The highest BCUT2D eigenvalue weighted by molar-refractivity contribution is 5.85. The van der Waals surface area contributed by atoms with Gasteiger partial charge in [0, 0.05) is 18.7 Å².